The summed E-state index contributed by atoms with van der Waals surface area (Å²) in [5, 5.41) is 8.54. The van der Waals surface area contributed by atoms with E-state index in [1.165, 1.54) is 12.1 Å². The second-order valence-electron chi connectivity index (χ2n) is 2.62. The van der Waals surface area contributed by atoms with Crippen LogP contribution >= 0.6 is 11.6 Å². The van der Waals surface area contributed by atoms with Gasteiger partial charge in [0.15, 0.2) is 0 Å². The molecular formula is C9H8ClFN2O. The first kappa shape index (κ1) is 10.8. The lowest BCUT2D eigenvalue weighted by Gasteiger charge is -2.08. The van der Waals surface area contributed by atoms with Crippen LogP contribution in [0.3, 0.4) is 0 Å². The predicted molar refractivity (Wildman–Crippen MR) is 50.5 cm³/mol. The van der Waals surface area contributed by atoms with Crippen molar-refractivity contribution < 1.29 is 9.13 Å². The van der Waals surface area contributed by atoms with Crippen LogP contribution in [0, 0.1) is 17.1 Å². The zero-order chi connectivity index (χ0) is 10.6. The van der Waals surface area contributed by atoms with Crippen molar-refractivity contribution >= 4 is 11.6 Å². The lowest BCUT2D eigenvalue weighted by atomic mass is 10.3. The minimum Gasteiger partial charge on any atom is -0.489 e. The molecule has 1 rings (SSSR count). The number of nitrogens with zero attached hydrogens (tertiary/aromatic N) is 1. The minimum absolute atomic E-state index is 0.0296. The molecule has 0 heterocycles. The van der Waals surface area contributed by atoms with Gasteiger partial charge >= 0.3 is 0 Å². The molecule has 74 valence electrons. The number of hydrogen-bond acceptors (Lipinski definition) is 3. The molecule has 0 radical (unpaired) electrons. The van der Waals surface area contributed by atoms with Gasteiger partial charge in [0, 0.05) is 0 Å². The van der Waals surface area contributed by atoms with E-state index < -0.39 is 11.9 Å². The Balaban J connectivity index is 2.64. The Bertz CT molecular complexity index is 364. The summed E-state index contributed by atoms with van der Waals surface area (Å²) in [6.07, 6.45) is 0. The molecule has 1 aromatic carbocycles. The van der Waals surface area contributed by atoms with Gasteiger partial charge in [-0.25, -0.2) is 4.39 Å². The Morgan fingerprint density at radius 2 is 2.36 bits per heavy atom. The molecule has 0 aliphatic heterocycles. The van der Waals surface area contributed by atoms with E-state index in [1.807, 2.05) is 0 Å². The van der Waals surface area contributed by atoms with Crippen LogP contribution in [0.25, 0.3) is 0 Å². The van der Waals surface area contributed by atoms with Crippen molar-refractivity contribution in [2.45, 2.75) is 6.04 Å². The third kappa shape index (κ3) is 2.87. The summed E-state index contributed by atoms with van der Waals surface area (Å²) >= 11 is 5.67. The van der Waals surface area contributed by atoms with E-state index in [9.17, 15) is 4.39 Å². The minimum atomic E-state index is -0.712. The first-order valence-electron chi connectivity index (χ1n) is 3.86. The van der Waals surface area contributed by atoms with Crippen molar-refractivity contribution in [3.05, 3.63) is 29.0 Å². The van der Waals surface area contributed by atoms with Crippen molar-refractivity contribution in [3.63, 3.8) is 0 Å². The highest BCUT2D eigenvalue weighted by molar-refractivity contribution is 6.32. The second-order valence-corrected chi connectivity index (χ2v) is 3.03. The average Bonchev–Trinajstić information content (AvgIpc) is 2.16. The smallest absolute Gasteiger partial charge is 0.138 e. The van der Waals surface area contributed by atoms with E-state index in [0.29, 0.717) is 5.75 Å². The Kier molecular flexibility index (Phi) is 3.69. The first-order chi connectivity index (χ1) is 6.63. The monoisotopic (exact) mass is 214 g/mol. The van der Waals surface area contributed by atoms with Crippen LogP contribution in [-0.4, -0.2) is 12.6 Å². The van der Waals surface area contributed by atoms with Gasteiger partial charge in [-0.15, -0.1) is 0 Å². The summed E-state index contributed by atoms with van der Waals surface area (Å²) < 4.78 is 17.7. The molecule has 0 saturated heterocycles. The number of benzene rings is 1. The van der Waals surface area contributed by atoms with E-state index in [1.54, 1.807) is 6.07 Å². The molecule has 2 N–H and O–H groups in total. The number of ether oxygens (including phenoxy) is 1. The summed E-state index contributed by atoms with van der Waals surface area (Å²) in [6.45, 7) is 0.0296. The summed E-state index contributed by atoms with van der Waals surface area (Å²) in [5.41, 5.74) is 5.30. The summed E-state index contributed by atoms with van der Waals surface area (Å²) in [5.74, 6) is -0.120. The van der Waals surface area contributed by atoms with E-state index in [2.05, 4.69) is 0 Å². The fourth-order valence-corrected chi connectivity index (χ4v) is 1.03. The van der Waals surface area contributed by atoms with Gasteiger partial charge in [-0.05, 0) is 18.2 Å². The van der Waals surface area contributed by atoms with Gasteiger partial charge in [0.1, 0.15) is 24.2 Å². The molecular weight excluding hydrogens is 207 g/mol. The van der Waals surface area contributed by atoms with Crippen molar-refractivity contribution in [2.24, 2.45) is 5.73 Å². The van der Waals surface area contributed by atoms with Gasteiger partial charge in [-0.1, -0.05) is 11.6 Å². The highest BCUT2D eigenvalue weighted by Crippen LogP contribution is 2.24. The molecule has 0 aromatic heterocycles. The molecule has 0 aliphatic carbocycles. The van der Waals surface area contributed by atoms with Crippen molar-refractivity contribution in [1.29, 1.82) is 5.26 Å². The van der Waals surface area contributed by atoms with Crippen LogP contribution in [0.15, 0.2) is 18.2 Å². The number of hydrogen-bond donors (Lipinski definition) is 1. The van der Waals surface area contributed by atoms with Crippen LogP contribution in [-0.2, 0) is 0 Å². The topological polar surface area (TPSA) is 59.0 Å². The Morgan fingerprint density at radius 3 is 2.93 bits per heavy atom. The second kappa shape index (κ2) is 4.80. The van der Waals surface area contributed by atoms with Crippen LogP contribution in [0.1, 0.15) is 0 Å². The zero-order valence-electron chi connectivity index (χ0n) is 7.21. The SMILES string of the molecule is N#CC(N)COc1ccc(F)cc1Cl. The third-order valence-corrected chi connectivity index (χ3v) is 1.77. The zero-order valence-corrected chi connectivity index (χ0v) is 7.96. The molecule has 1 unspecified atom stereocenters. The molecule has 5 heteroatoms. The summed E-state index contributed by atoms with van der Waals surface area (Å²) in [7, 11) is 0. The quantitative estimate of drug-likeness (QED) is 0.833. The maximum atomic E-state index is 12.6. The maximum absolute atomic E-state index is 12.6. The fourth-order valence-electron chi connectivity index (χ4n) is 0.809. The summed E-state index contributed by atoms with van der Waals surface area (Å²) in [6, 6.07) is 4.84. The lowest BCUT2D eigenvalue weighted by molar-refractivity contribution is 0.308. The van der Waals surface area contributed by atoms with Gasteiger partial charge in [-0.3, -0.25) is 0 Å². The molecule has 0 spiro atoms. The Morgan fingerprint density at radius 1 is 1.64 bits per heavy atom. The van der Waals surface area contributed by atoms with Gasteiger partial charge < -0.3 is 10.5 Å². The van der Waals surface area contributed by atoms with E-state index in [4.69, 9.17) is 27.3 Å². The molecule has 1 aromatic rings. The largest absolute Gasteiger partial charge is 0.489 e. The lowest BCUT2D eigenvalue weighted by Crippen LogP contribution is -2.25. The van der Waals surface area contributed by atoms with E-state index >= 15 is 0 Å². The van der Waals surface area contributed by atoms with Crippen LogP contribution in [0.4, 0.5) is 4.39 Å². The van der Waals surface area contributed by atoms with Gasteiger partial charge in [0.05, 0.1) is 11.1 Å². The number of rotatable bonds is 3. The predicted octanol–water partition coefficient (Wildman–Crippen LogP) is 1.71. The molecule has 0 saturated carbocycles. The Labute approximate surface area is 85.8 Å². The van der Waals surface area contributed by atoms with Crippen LogP contribution in [0.5, 0.6) is 5.75 Å². The van der Waals surface area contributed by atoms with Crippen molar-refractivity contribution in [1.82, 2.24) is 0 Å². The van der Waals surface area contributed by atoms with Gasteiger partial charge in [0.25, 0.3) is 0 Å². The van der Waals surface area contributed by atoms with E-state index in [0.717, 1.165) is 6.07 Å². The Hall–Kier alpha value is -1.31. The van der Waals surface area contributed by atoms with Crippen molar-refractivity contribution in [2.75, 3.05) is 6.61 Å². The normalized spacial score (nSPS) is 11.9. The fraction of sp³-hybridized carbons (Fsp3) is 0.222. The third-order valence-electron chi connectivity index (χ3n) is 1.48. The van der Waals surface area contributed by atoms with Crippen molar-refractivity contribution in [3.8, 4) is 11.8 Å². The highest BCUT2D eigenvalue weighted by Gasteiger charge is 2.05. The first-order valence-corrected chi connectivity index (χ1v) is 4.24. The molecule has 0 bridgehead atoms. The highest BCUT2D eigenvalue weighted by atomic mass is 35.5. The maximum Gasteiger partial charge on any atom is 0.138 e. The molecule has 0 fully saturated rings. The molecule has 0 amide bonds. The molecule has 1 atom stereocenters. The molecule has 0 aliphatic rings. The number of halogens is 2. The van der Waals surface area contributed by atoms with E-state index in [-0.39, 0.29) is 11.6 Å². The standard InChI is InChI=1S/C9H8ClFN2O/c10-8-3-6(11)1-2-9(8)14-5-7(13)4-12/h1-3,7H,5,13H2. The van der Waals surface area contributed by atoms with Gasteiger partial charge in [0.2, 0.25) is 0 Å². The summed E-state index contributed by atoms with van der Waals surface area (Å²) in [4.78, 5) is 0. The number of nitrogens with two attached hydrogens (primary N) is 1. The average molecular weight is 215 g/mol. The van der Waals surface area contributed by atoms with Crippen LogP contribution in [0.2, 0.25) is 5.02 Å². The molecule has 14 heavy (non-hydrogen) atoms. The van der Waals surface area contributed by atoms with Crippen LogP contribution < -0.4 is 10.5 Å². The van der Waals surface area contributed by atoms with Gasteiger partial charge in [-0.2, -0.15) is 5.26 Å². The molecule has 3 nitrogen and oxygen atoms in total. The number of nitriles is 1.